The van der Waals surface area contributed by atoms with Gasteiger partial charge in [0.25, 0.3) is 5.91 Å². The van der Waals surface area contributed by atoms with Crippen LogP contribution in [-0.4, -0.2) is 57.0 Å². The molecular formula is C18H19FN4O3S. The van der Waals surface area contributed by atoms with Gasteiger partial charge in [-0.3, -0.25) is 14.5 Å². The third-order valence-electron chi connectivity index (χ3n) is 5.16. The largest absolute Gasteiger partial charge is 0.469 e. The number of hydrogen-bond acceptors (Lipinski definition) is 7. The van der Waals surface area contributed by atoms with Crippen LogP contribution in [0.1, 0.15) is 29.2 Å². The minimum Gasteiger partial charge on any atom is -0.469 e. The minimum absolute atomic E-state index is 0.121. The van der Waals surface area contributed by atoms with Gasteiger partial charge < -0.3 is 4.74 Å². The summed E-state index contributed by atoms with van der Waals surface area (Å²) in [6, 6.07) is 6.00. The summed E-state index contributed by atoms with van der Waals surface area (Å²) in [5, 5.41) is 4.16. The number of carbonyl (C=O) groups excluding carboxylic acids is 2. The van der Waals surface area contributed by atoms with Crippen LogP contribution in [0.5, 0.6) is 0 Å². The molecule has 2 aliphatic rings. The van der Waals surface area contributed by atoms with E-state index in [1.807, 2.05) is 0 Å². The molecule has 0 saturated carbocycles. The van der Waals surface area contributed by atoms with Crippen LogP contribution in [0, 0.1) is 11.7 Å². The molecule has 2 aliphatic heterocycles. The number of ether oxygens (including phenoxy) is 1. The number of benzene rings is 1. The molecule has 2 aromatic rings. The van der Waals surface area contributed by atoms with Gasteiger partial charge >= 0.3 is 5.97 Å². The molecule has 1 fully saturated rings. The van der Waals surface area contributed by atoms with E-state index in [-0.39, 0.29) is 29.7 Å². The van der Waals surface area contributed by atoms with E-state index in [1.54, 1.807) is 12.1 Å². The fourth-order valence-electron chi connectivity index (χ4n) is 3.76. The molecule has 0 bridgehead atoms. The van der Waals surface area contributed by atoms with Crippen molar-refractivity contribution in [2.45, 2.75) is 29.3 Å². The van der Waals surface area contributed by atoms with Gasteiger partial charge in [0.2, 0.25) is 0 Å². The molecule has 2 atom stereocenters. The van der Waals surface area contributed by atoms with Crippen LogP contribution in [0.4, 0.5) is 4.39 Å². The van der Waals surface area contributed by atoms with Crippen LogP contribution in [0.2, 0.25) is 0 Å². The van der Waals surface area contributed by atoms with Crippen molar-refractivity contribution >= 4 is 23.6 Å². The Morgan fingerprint density at radius 2 is 2.00 bits per heavy atom. The first-order chi connectivity index (χ1) is 13.1. The van der Waals surface area contributed by atoms with E-state index in [2.05, 4.69) is 15.0 Å². The summed E-state index contributed by atoms with van der Waals surface area (Å²) in [6.07, 6.45) is 2.70. The Labute approximate surface area is 159 Å². The van der Waals surface area contributed by atoms with Crippen LogP contribution >= 0.6 is 11.8 Å². The number of piperidine rings is 1. The van der Waals surface area contributed by atoms with Crippen LogP contribution in [0.25, 0.3) is 0 Å². The monoisotopic (exact) mass is 390 g/mol. The van der Waals surface area contributed by atoms with Crippen molar-refractivity contribution in [1.29, 1.82) is 0 Å². The summed E-state index contributed by atoms with van der Waals surface area (Å²) in [7, 11) is 1.40. The van der Waals surface area contributed by atoms with E-state index in [1.165, 1.54) is 42.0 Å². The van der Waals surface area contributed by atoms with Crippen molar-refractivity contribution in [2.75, 3.05) is 20.2 Å². The third-order valence-corrected chi connectivity index (χ3v) is 6.36. The van der Waals surface area contributed by atoms with Gasteiger partial charge in [0, 0.05) is 0 Å². The van der Waals surface area contributed by atoms with Gasteiger partial charge in [-0.05, 0) is 43.6 Å². The molecule has 0 amide bonds. The average molecular weight is 390 g/mol. The highest BCUT2D eigenvalue weighted by Gasteiger charge is 2.43. The van der Waals surface area contributed by atoms with E-state index in [9.17, 15) is 14.0 Å². The first kappa shape index (κ1) is 18.1. The maximum Gasteiger partial charge on any atom is 0.308 e. The molecule has 27 heavy (non-hydrogen) atoms. The van der Waals surface area contributed by atoms with Gasteiger partial charge in [0.05, 0.1) is 19.1 Å². The van der Waals surface area contributed by atoms with Gasteiger partial charge in [-0.2, -0.15) is 9.78 Å². The fourth-order valence-corrected chi connectivity index (χ4v) is 4.99. The maximum atomic E-state index is 13.4. The highest BCUT2D eigenvalue weighted by Crippen LogP contribution is 2.41. The average Bonchev–Trinajstić information content (AvgIpc) is 3.27. The second-order valence-corrected chi connectivity index (χ2v) is 7.77. The second kappa shape index (κ2) is 7.40. The number of halogens is 1. The van der Waals surface area contributed by atoms with Crippen molar-refractivity contribution in [1.82, 2.24) is 19.7 Å². The molecule has 4 rings (SSSR count). The van der Waals surface area contributed by atoms with Crippen molar-refractivity contribution < 1.29 is 18.7 Å². The van der Waals surface area contributed by atoms with Gasteiger partial charge in [0.15, 0.2) is 5.16 Å². The number of hydrogen-bond donors (Lipinski definition) is 0. The lowest BCUT2D eigenvalue weighted by molar-refractivity contribution is -0.147. The lowest BCUT2D eigenvalue weighted by Crippen LogP contribution is -2.44. The van der Waals surface area contributed by atoms with Crippen molar-refractivity contribution in [3.05, 3.63) is 42.0 Å². The molecular weight excluding hydrogens is 371 g/mol. The molecule has 9 heteroatoms. The van der Waals surface area contributed by atoms with E-state index in [0.29, 0.717) is 31.1 Å². The van der Waals surface area contributed by atoms with Crippen LogP contribution in [0.3, 0.4) is 0 Å². The highest BCUT2D eigenvalue weighted by molar-refractivity contribution is 8.00. The Morgan fingerprint density at radius 1 is 1.30 bits per heavy atom. The van der Waals surface area contributed by atoms with Crippen LogP contribution < -0.4 is 0 Å². The standard InChI is InChI=1S/C18H19FN4O3S/c1-26-17(25)12-6-8-22(9-7-12)14(11-2-4-13(19)5-3-11)15-16(24)23-18(27-15)20-10-21-23/h2-5,10,12,14-15H,6-9H2,1H3. The third kappa shape index (κ3) is 3.37. The Morgan fingerprint density at radius 3 is 2.63 bits per heavy atom. The lowest BCUT2D eigenvalue weighted by atomic mass is 9.93. The molecule has 0 radical (unpaired) electrons. The predicted octanol–water partition coefficient (Wildman–Crippen LogP) is 2.16. The lowest BCUT2D eigenvalue weighted by Gasteiger charge is -2.38. The number of fused-ring (bicyclic) bond motifs is 1. The number of carbonyl (C=O) groups is 2. The Kier molecular flexibility index (Phi) is 4.96. The highest BCUT2D eigenvalue weighted by atomic mass is 32.2. The van der Waals surface area contributed by atoms with Crippen LogP contribution in [-0.2, 0) is 9.53 Å². The molecule has 1 saturated heterocycles. The van der Waals surface area contributed by atoms with E-state index < -0.39 is 5.25 Å². The van der Waals surface area contributed by atoms with Gasteiger partial charge in [0.1, 0.15) is 17.4 Å². The normalized spacial score (nSPS) is 21.9. The number of esters is 1. The SMILES string of the molecule is COC(=O)C1CCN(C(c2ccc(F)cc2)C2Sc3ncnn3C2=O)CC1. The zero-order valence-corrected chi connectivity index (χ0v) is 15.6. The van der Waals surface area contributed by atoms with Gasteiger partial charge in [-0.1, -0.05) is 23.9 Å². The molecule has 7 nitrogen and oxygen atoms in total. The number of thioether (sulfide) groups is 1. The summed E-state index contributed by atoms with van der Waals surface area (Å²) in [6.45, 7) is 1.31. The number of aromatic nitrogens is 3. The summed E-state index contributed by atoms with van der Waals surface area (Å²) >= 11 is 1.38. The van der Waals surface area contributed by atoms with Gasteiger partial charge in [-0.15, -0.1) is 0 Å². The summed E-state index contributed by atoms with van der Waals surface area (Å²) in [4.78, 5) is 31.0. The quantitative estimate of drug-likeness (QED) is 0.741. The molecule has 3 heterocycles. The summed E-state index contributed by atoms with van der Waals surface area (Å²) in [5.74, 6) is -0.758. The molecule has 1 aromatic heterocycles. The van der Waals surface area contributed by atoms with Crippen molar-refractivity contribution in [3.63, 3.8) is 0 Å². The number of methoxy groups -OCH3 is 1. The summed E-state index contributed by atoms with van der Waals surface area (Å²) < 4.78 is 19.6. The summed E-state index contributed by atoms with van der Waals surface area (Å²) in [5.41, 5.74) is 0.865. The zero-order valence-electron chi connectivity index (χ0n) is 14.7. The molecule has 0 aliphatic carbocycles. The first-order valence-corrected chi connectivity index (χ1v) is 9.64. The minimum atomic E-state index is -0.415. The van der Waals surface area contributed by atoms with Crippen molar-refractivity contribution in [3.8, 4) is 0 Å². The first-order valence-electron chi connectivity index (χ1n) is 8.76. The molecule has 2 unspecified atom stereocenters. The molecule has 1 aromatic carbocycles. The Bertz CT molecular complexity index is 849. The number of rotatable bonds is 4. The van der Waals surface area contributed by atoms with E-state index in [4.69, 9.17) is 4.74 Å². The molecule has 0 N–H and O–H groups in total. The topological polar surface area (TPSA) is 77.3 Å². The zero-order chi connectivity index (χ0) is 19.0. The fraction of sp³-hybridized carbons (Fsp3) is 0.444. The Balaban J connectivity index is 1.60. The van der Waals surface area contributed by atoms with Gasteiger partial charge in [-0.25, -0.2) is 9.37 Å². The molecule has 0 spiro atoms. The van der Waals surface area contributed by atoms with E-state index in [0.717, 1.165) is 5.56 Å². The smallest absolute Gasteiger partial charge is 0.308 e. The predicted molar refractivity (Wildman–Crippen MR) is 95.7 cm³/mol. The second-order valence-electron chi connectivity index (χ2n) is 6.66. The number of nitrogens with zero attached hydrogens (tertiary/aromatic N) is 4. The number of likely N-dealkylation sites (tertiary alicyclic amines) is 1. The van der Waals surface area contributed by atoms with Crippen molar-refractivity contribution in [2.24, 2.45) is 5.92 Å². The van der Waals surface area contributed by atoms with E-state index >= 15 is 0 Å². The maximum absolute atomic E-state index is 13.4. The van der Waals surface area contributed by atoms with Crippen LogP contribution in [0.15, 0.2) is 35.7 Å². The molecule has 142 valence electrons. The Hall–Kier alpha value is -2.26.